The largest absolute Gasteiger partial charge is 0.493 e. The van der Waals surface area contributed by atoms with Crippen LogP contribution in [-0.2, 0) is 16.6 Å². The minimum atomic E-state index is -0.546. The number of hydrogen-bond donors (Lipinski definition) is 0. The first-order chi connectivity index (χ1) is 14.5. The molecular weight excluding hydrogens is 396 g/mol. The number of nitrogens with zero attached hydrogens (tertiary/aromatic N) is 2. The second kappa shape index (κ2) is 5.95. The van der Waals surface area contributed by atoms with Gasteiger partial charge in [0, 0.05) is 30.0 Å². The quantitative estimate of drug-likeness (QED) is 0.421. The molecule has 1 saturated carbocycles. The summed E-state index contributed by atoms with van der Waals surface area (Å²) in [5.41, 5.74) is 2.14. The number of methoxy groups -OCH3 is 2. The van der Waals surface area contributed by atoms with Gasteiger partial charge in [0.25, 0.3) is 0 Å². The van der Waals surface area contributed by atoms with E-state index < -0.39 is 5.60 Å². The zero-order valence-electron chi connectivity index (χ0n) is 18.0. The maximum atomic E-state index is 6.91. The highest BCUT2D eigenvalue weighted by Crippen LogP contribution is 2.74. The van der Waals surface area contributed by atoms with Crippen LogP contribution in [0.4, 0.5) is 0 Å². The van der Waals surface area contributed by atoms with Gasteiger partial charge in [-0.15, -0.1) is 0 Å². The minimum absolute atomic E-state index is 0.00847. The second-order valence-corrected chi connectivity index (χ2v) is 9.94. The molecule has 2 spiro atoms. The van der Waals surface area contributed by atoms with Crippen LogP contribution in [0, 0.1) is 11.3 Å². The highest BCUT2D eigenvalue weighted by atomic mass is 32.1. The molecule has 0 aromatic heterocycles. The molecule has 0 N–H and O–H groups in total. The van der Waals surface area contributed by atoms with Crippen LogP contribution in [0.3, 0.4) is 0 Å². The summed E-state index contributed by atoms with van der Waals surface area (Å²) in [6.45, 7) is 3.20. The summed E-state index contributed by atoms with van der Waals surface area (Å²) in [7, 11) is 5.83. The molecule has 6 aliphatic rings. The lowest BCUT2D eigenvalue weighted by Crippen LogP contribution is -2.79. The van der Waals surface area contributed by atoms with Crippen LogP contribution < -0.4 is 9.47 Å². The zero-order chi connectivity index (χ0) is 20.9. The molecule has 4 bridgehead atoms. The molecule has 1 unspecified atom stereocenters. The molecule has 0 radical (unpaired) electrons. The summed E-state index contributed by atoms with van der Waals surface area (Å²) in [6.07, 6.45) is 7.80. The number of likely N-dealkylation sites (tertiary alicyclic amines) is 1. The van der Waals surface area contributed by atoms with Gasteiger partial charge in [-0.3, -0.25) is 0 Å². The molecule has 2 aliphatic heterocycles. The predicted octanol–water partition coefficient (Wildman–Crippen LogP) is 3.41. The molecule has 2 heterocycles. The molecule has 0 amide bonds. The summed E-state index contributed by atoms with van der Waals surface area (Å²) in [5.74, 6) is 1.94. The highest BCUT2D eigenvalue weighted by molar-refractivity contribution is 7.78. The highest BCUT2D eigenvalue weighted by Gasteiger charge is 2.79. The Labute approximate surface area is 183 Å². The SMILES string of the molecule is COc1ccc2c3c1O[C@@H]1[C@]34CCN(C)[C@H](C2)[C@]42C=C[C@@]1(OC)C([C@H](C)N=C=S)C2. The number of hydrogen-bond acceptors (Lipinski definition) is 6. The Morgan fingerprint density at radius 1 is 1.33 bits per heavy atom. The van der Waals surface area contributed by atoms with Crippen molar-refractivity contribution in [2.24, 2.45) is 16.3 Å². The number of isothiocyanates is 1. The lowest BCUT2D eigenvalue weighted by molar-refractivity contribution is -0.216. The molecule has 1 aromatic carbocycles. The number of thiocarbonyl (C=S) groups is 1. The van der Waals surface area contributed by atoms with E-state index in [-0.39, 0.29) is 28.9 Å². The van der Waals surface area contributed by atoms with Crippen molar-refractivity contribution in [3.05, 3.63) is 35.4 Å². The number of benzene rings is 1. The summed E-state index contributed by atoms with van der Waals surface area (Å²) >= 11 is 4.97. The van der Waals surface area contributed by atoms with Crippen molar-refractivity contribution in [1.82, 2.24) is 4.90 Å². The maximum absolute atomic E-state index is 6.91. The normalized spacial score (nSPS) is 42.9. The van der Waals surface area contributed by atoms with Gasteiger partial charge in [-0.1, -0.05) is 18.2 Å². The van der Waals surface area contributed by atoms with E-state index in [0.29, 0.717) is 6.04 Å². The van der Waals surface area contributed by atoms with E-state index in [2.05, 4.69) is 53.3 Å². The molecule has 7 rings (SSSR count). The first-order valence-electron chi connectivity index (χ1n) is 10.9. The summed E-state index contributed by atoms with van der Waals surface area (Å²) in [5, 5.41) is 2.62. The number of aliphatic imine (C=N–C) groups is 1. The minimum Gasteiger partial charge on any atom is -0.493 e. The predicted molar refractivity (Wildman–Crippen MR) is 118 cm³/mol. The molecule has 4 aliphatic carbocycles. The maximum Gasteiger partial charge on any atom is 0.166 e. The van der Waals surface area contributed by atoms with E-state index in [1.165, 1.54) is 11.1 Å². The van der Waals surface area contributed by atoms with Gasteiger partial charge in [0.1, 0.15) is 11.7 Å². The van der Waals surface area contributed by atoms with Gasteiger partial charge in [0.15, 0.2) is 11.5 Å². The lowest BCUT2D eigenvalue weighted by atomic mass is 9.36. The molecule has 5 nitrogen and oxygen atoms in total. The van der Waals surface area contributed by atoms with Crippen molar-refractivity contribution in [3.63, 3.8) is 0 Å². The molecule has 1 saturated heterocycles. The van der Waals surface area contributed by atoms with Gasteiger partial charge in [-0.25, -0.2) is 4.99 Å². The van der Waals surface area contributed by atoms with E-state index in [1.807, 2.05) is 7.11 Å². The van der Waals surface area contributed by atoms with Crippen LogP contribution in [0.5, 0.6) is 11.5 Å². The van der Waals surface area contributed by atoms with E-state index in [0.717, 1.165) is 37.3 Å². The Hall–Kier alpha value is -1.72. The van der Waals surface area contributed by atoms with Crippen molar-refractivity contribution < 1.29 is 14.2 Å². The van der Waals surface area contributed by atoms with Gasteiger partial charge >= 0.3 is 0 Å². The van der Waals surface area contributed by atoms with E-state index in [9.17, 15) is 0 Å². The molecule has 7 atom stereocenters. The second-order valence-electron chi connectivity index (χ2n) is 9.75. The summed E-state index contributed by atoms with van der Waals surface area (Å²) < 4.78 is 19.1. The molecule has 1 aromatic rings. The fraction of sp³-hybridized carbons (Fsp3) is 0.625. The number of likely N-dealkylation sites (N-methyl/N-ethyl adjacent to an activating group) is 1. The number of ether oxygens (including phenoxy) is 3. The van der Waals surface area contributed by atoms with Gasteiger partial charge in [-0.05, 0) is 63.6 Å². The van der Waals surface area contributed by atoms with E-state index in [4.69, 9.17) is 26.4 Å². The van der Waals surface area contributed by atoms with Crippen LogP contribution >= 0.6 is 12.2 Å². The van der Waals surface area contributed by atoms with Crippen LogP contribution in [0.15, 0.2) is 29.3 Å². The van der Waals surface area contributed by atoms with Crippen molar-refractivity contribution >= 4 is 17.4 Å². The fourth-order valence-electron chi connectivity index (χ4n) is 7.98. The first kappa shape index (κ1) is 19.0. The zero-order valence-corrected chi connectivity index (χ0v) is 18.8. The topological polar surface area (TPSA) is 43.3 Å². The van der Waals surface area contributed by atoms with Crippen molar-refractivity contribution in [3.8, 4) is 11.5 Å². The molecule has 158 valence electrons. The van der Waals surface area contributed by atoms with Gasteiger partial charge < -0.3 is 19.1 Å². The van der Waals surface area contributed by atoms with Gasteiger partial charge in [-0.2, -0.15) is 0 Å². The standard InChI is InChI=1S/C24H28N2O3S/c1-14(25-13-30)16-12-22-7-8-24(16,28-4)21-23(22)9-10-26(2)18(22)11-15-5-6-17(27-3)20(29-21)19(15)23/h5-8,14,16,18,21H,9-12H2,1-4H3/t14-,16?,18+,21+,22+,23-,24+/m0/s1. The third-order valence-corrected chi connectivity index (χ3v) is 9.27. The van der Waals surface area contributed by atoms with Crippen LogP contribution in [0.25, 0.3) is 0 Å². The average molecular weight is 425 g/mol. The van der Waals surface area contributed by atoms with Gasteiger partial charge in [0.2, 0.25) is 0 Å². The van der Waals surface area contributed by atoms with Crippen LogP contribution in [-0.4, -0.2) is 61.7 Å². The van der Waals surface area contributed by atoms with Crippen LogP contribution in [0.1, 0.15) is 30.9 Å². The first-order valence-corrected chi connectivity index (χ1v) is 11.3. The number of rotatable bonds is 4. The Morgan fingerprint density at radius 3 is 2.90 bits per heavy atom. The average Bonchev–Trinajstić information content (AvgIpc) is 3.13. The third kappa shape index (κ3) is 1.81. The Bertz CT molecular complexity index is 1020. The van der Waals surface area contributed by atoms with Crippen molar-refractivity contribution in [2.75, 3.05) is 27.8 Å². The molecule has 2 fully saturated rings. The van der Waals surface area contributed by atoms with Crippen molar-refractivity contribution in [1.29, 1.82) is 0 Å². The van der Waals surface area contributed by atoms with Gasteiger partial charge in [0.05, 0.1) is 23.7 Å². The summed E-state index contributed by atoms with van der Waals surface area (Å²) in [6, 6.07) is 4.78. The Balaban J connectivity index is 1.67. The Kier molecular flexibility index (Phi) is 3.77. The third-order valence-electron chi connectivity index (χ3n) is 9.17. The molecular formula is C24H28N2O3S. The number of piperidine rings is 1. The van der Waals surface area contributed by atoms with E-state index in [1.54, 1.807) is 7.11 Å². The smallest absolute Gasteiger partial charge is 0.166 e. The lowest BCUT2D eigenvalue weighted by Gasteiger charge is -2.71. The number of fused-ring (bicyclic) bond motifs is 1. The van der Waals surface area contributed by atoms with Crippen LogP contribution in [0.2, 0.25) is 0 Å². The van der Waals surface area contributed by atoms with Crippen molar-refractivity contribution in [2.45, 2.75) is 55.4 Å². The summed E-state index contributed by atoms with van der Waals surface area (Å²) in [4.78, 5) is 7.07. The molecule has 30 heavy (non-hydrogen) atoms. The monoisotopic (exact) mass is 424 g/mol. The molecule has 6 heteroatoms. The fourth-order valence-corrected chi connectivity index (χ4v) is 8.15. The Morgan fingerprint density at radius 2 is 2.17 bits per heavy atom. The van der Waals surface area contributed by atoms with E-state index >= 15 is 0 Å².